The fourth-order valence-electron chi connectivity index (χ4n) is 1.51. The van der Waals surface area contributed by atoms with Gasteiger partial charge in [-0.15, -0.1) is 0 Å². The molecular weight excluding hydrogens is 262 g/mol. The number of nitrogens with zero attached hydrogens (tertiary/aromatic N) is 5. The van der Waals surface area contributed by atoms with Crippen LogP contribution in [0.4, 0.5) is 23.0 Å². The van der Waals surface area contributed by atoms with E-state index in [2.05, 4.69) is 25.7 Å². The fourth-order valence-corrected chi connectivity index (χ4v) is 1.51. The molecule has 0 saturated heterocycles. The van der Waals surface area contributed by atoms with Gasteiger partial charge in [0.1, 0.15) is 6.33 Å². The van der Waals surface area contributed by atoms with Gasteiger partial charge in [0.25, 0.3) is 0 Å². The molecule has 0 saturated carbocycles. The minimum atomic E-state index is -0.532. The molecule has 0 radical (unpaired) electrons. The summed E-state index contributed by atoms with van der Waals surface area (Å²) in [5.74, 6) is 0.229. The summed E-state index contributed by atoms with van der Waals surface area (Å²) in [6.45, 7) is 0. The van der Waals surface area contributed by atoms with E-state index in [-0.39, 0.29) is 17.3 Å². The molecule has 0 spiro atoms. The van der Waals surface area contributed by atoms with Crippen LogP contribution in [0.3, 0.4) is 0 Å². The molecule has 0 atom stereocenters. The van der Waals surface area contributed by atoms with E-state index in [1.165, 1.54) is 6.33 Å². The molecule has 20 heavy (non-hydrogen) atoms. The molecule has 0 unspecified atom stereocenters. The second-order valence-electron chi connectivity index (χ2n) is 4.04. The molecule has 0 aliphatic carbocycles. The monoisotopic (exact) mass is 275 g/mol. The molecule has 2 aromatic heterocycles. The van der Waals surface area contributed by atoms with Gasteiger partial charge in [0.05, 0.1) is 4.92 Å². The molecule has 2 N–H and O–H groups in total. The van der Waals surface area contributed by atoms with Crippen molar-refractivity contribution in [3.8, 4) is 0 Å². The van der Waals surface area contributed by atoms with Gasteiger partial charge in [-0.3, -0.25) is 20.5 Å². The lowest BCUT2D eigenvalue weighted by Crippen LogP contribution is -2.21. The Hall–Kier alpha value is -2.81. The average molecular weight is 275 g/mol. The number of pyridine rings is 1. The highest BCUT2D eigenvalue weighted by atomic mass is 16.6. The molecule has 0 fully saturated rings. The quantitative estimate of drug-likeness (QED) is 0.622. The Morgan fingerprint density at radius 1 is 1.20 bits per heavy atom. The first-order valence-corrected chi connectivity index (χ1v) is 5.68. The molecule has 0 aliphatic heterocycles. The van der Waals surface area contributed by atoms with Crippen molar-refractivity contribution in [2.45, 2.75) is 0 Å². The summed E-state index contributed by atoms with van der Waals surface area (Å²) in [6.07, 6.45) is 4.41. The van der Waals surface area contributed by atoms with E-state index < -0.39 is 4.92 Å². The second kappa shape index (κ2) is 5.89. The van der Waals surface area contributed by atoms with E-state index >= 15 is 0 Å². The van der Waals surface area contributed by atoms with Crippen LogP contribution < -0.4 is 10.7 Å². The standard InChI is InChI=1S/C11H13N7O2/c1-17(2)16-11-9(18(19)20)10(13-7-14-11)15-8-3-5-12-6-4-8/h3-7H,1-2H3,(H2,12,13,14,15,16). The summed E-state index contributed by atoms with van der Waals surface area (Å²) < 4.78 is 0. The molecule has 0 bridgehead atoms. The van der Waals surface area contributed by atoms with Crippen LogP contribution in [-0.2, 0) is 0 Å². The first-order chi connectivity index (χ1) is 9.58. The summed E-state index contributed by atoms with van der Waals surface area (Å²) >= 11 is 0. The van der Waals surface area contributed by atoms with Crippen LogP contribution in [0.15, 0.2) is 30.9 Å². The zero-order valence-corrected chi connectivity index (χ0v) is 10.9. The van der Waals surface area contributed by atoms with Gasteiger partial charge in [-0.2, -0.15) is 0 Å². The predicted octanol–water partition coefficient (Wildman–Crippen LogP) is 1.41. The first-order valence-electron chi connectivity index (χ1n) is 5.68. The number of nitro groups is 1. The van der Waals surface area contributed by atoms with Crippen LogP contribution in [-0.4, -0.2) is 39.0 Å². The minimum Gasteiger partial charge on any atom is -0.334 e. The fraction of sp³-hybridized carbons (Fsp3) is 0.182. The molecule has 9 nitrogen and oxygen atoms in total. The normalized spacial score (nSPS) is 10.3. The Morgan fingerprint density at radius 2 is 1.85 bits per heavy atom. The van der Waals surface area contributed by atoms with Crippen molar-refractivity contribution in [2.24, 2.45) is 0 Å². The smallest absolute Gasteiger partial charge is 0.334 e. The maximum absolute atomic E-state index is 11.2. The SMILES string of the molecule is CN(C)Nc1ncnc(Nc2ccncc2)c1[N+](=O)[O-]. The lowest BCUT2D eigenvalue weighted by Gasteiger charge is -2.13. The highest BCUT2D eigenvalue weighted by Crippen LogP contribution is 2.30. The summed E-state index contributed by atoms with van der Waals surface area (Å²) in [5, 5.41) is 15.7. The van der Waals surface area contributed by atoms with Crippen LogP contribution >= 0.6 is 0 Å². The Labute approximate surface area is 114 Å². The molecule has 0 aromatic carbocycles. The topological polar surface area (TPSA) is 109 Å². The average Bonchev–Trinajstić information content (AvgIpc) is 2.39. The number of hydrogen-bond donors (Lipinski definition) is 2. The number of nitrogens with one attached hydrogen (secondary N) is 2. The Kier molecular flexibility index (Phi) is 4.01. The molecule has 9 heteroatoms. The zero-order chi connectivity index (χ0) is 14.5. The van der Waals surface area contributed by atoms with E-state index in [9.17, 15) is 10.1 Å². The molecule has 2 rings (SSSR count). The van der Waals surface area contributed by atoms with E-state index in [0.29, 0.717) is 5.69 Å². The summed E-state index contributed by atoms with van der Waals surface area (Å²) in [6, 6.07) is 3.37. The Morgan fingerprint density at radius 3 is 2.45 bits per heavy atom. The summed E-state index contributed by atoms with van der Waals surface area (Å²) in [4.78, 5) is 22.4. The van der Waals surface area contributed by atoms with E-state index in [4.69, 9.17) is 0 Å². The van der Waals surface area contributed by atoms with E-state index in [1.54, 1.807) is 43.6 Å². The van der Waals surface area contributed by atoms with Gasteiger partial charge in [-0.1, -0.05) is 0 Å². The molecule has 2 heterocycles. The summed E-state index contributed by atoms with van der Waals surface area (Å²) in [5.41, 5.74) is 3.20. The first kappa shape index (κ1) is 13.6. The van der Waals surface area contributed by atoms with Gasteiger partial charge in [0.2, 0.25) is 11.6 Å². The second-order valence-corrected chi connectivity index (χ2v) is 4.04. The van der Waals surface area contributed by atoms with E-state index in [0.717, 1.165) is 0 Å². The van der Waals surface area contributed by atoms with Crippen molar-refractivity contribution in [2.75, 3.05) is 24.8 Å². The number of hydrazine groups is 1. The molecule has 0 amide bonds. The van der Waals surface area contributed by atoms with Gasteiger partial charge in [-0.05, 0) is 12.1 Å². The van der Waals surface area contributed by atoms with E-state index in [1.807, 2.05) is 0 Å². The molecule has 2 aromatic rings. The van der Waals surface area contributed by atoms with Crippen molar-refractivity contribution in [3.05, 3.63) is 41.0 Å². The van der Waals surface area contributed by atoms with Crippen molar-refractivity contribution in [1.82, 2.24) is 20.0 Å². The van der Waals surface area contributed by atoms with Gasteiger partial charge >= 0.3 is 5.69 Å². The molecular formula is C11H13N7O2. The van der Waals surface area contributed by atoms with Crippen molar-refractivity contribution in [1.29, 1.82) is 0 Å². The Bertz CT molecular complexity index is 603. The molecule has 104 valence electrons. The highest BCUT2D eigenvalue weighted by Gasteiger charge is 2.23. The van der Waals surface area contributed by atoms with Gasteiger partial charge in [0.15, 0.2) is 0 Å². The van der Waals surface area contributed by atoms with Crippen molar-refractivity contribution < 1.29 is 4.92 Å². The Balaban J connectivity index is 2.39. The van der Waals surface area contributed by atoms with Gasteiger partial charge in [-0.25, -0.2) is 15.0 Å². The number of hydrogen-bond acceptors (Lipinski definition) is 8. The van der Waals surface area contributed by atoms with Gasteiger partial charge in [0, 0.05) is 32.2 Å². The van der Waals surface area contributed by atoms with Crippen LogP contribution in [0.2, 0.25) is 0 Å². The molecule has 0 aliphatic rings. The maximum Gasteiger partial charge on any atom is 0.354 e. The lowest BCUT2D eigenvalue weighted by atomic mass is 10.3. The van der Waals surface area contributed by atoms with Crippen LogP contribution in [0.5, 0.6) is 0 Å². The predicted molar refractivity (Wildman–Crippen MR) is 73.5 cm³/mol. The minimum absolute atomic E-state index is 0.112. The third kappa shape index (κ3) is 3.14. The number of rotatable bonds is 5. The largest absolute Gasteiger partial charge is 0.354 e. The number of anilines is 3. The lowest BCUT2D eigenvalue weighted by molar-refractivity contribution is -0.383. The maximum atomic E-state index is 11.2. The third-order valence-corrected chi connectivity index (χ3v) is 2.28. The zero-order valence-electron chi connectivity index (χ0n) is 10.9. The number of aromatic nitrogens is 3. The van der Waals surface area contributed by atoms with Crippen molar-refractivity contribution >= 4 is 23.0 Å². The summed E-state index contributed by atoms with van der Waals surface area (Å²) in [7, 11) is 3.42. The highest BCUT2D eigenvalue weighted by molar-refractivity contribution is 5.73. The third-order valence-electron chi connectivity index (χ3n) is 2.28. The van der Waals surface area contributed by atoms with Crippen LogP contribution in [0, 0.1) is 10.1 Å². The van der Waals surface area contributed by atoms with Crippen LogP contribution in [0.25, 0.3) is 0 Å². The van der Waals surface area contributed by atoms with Crippen molar-refractivity contribution in [3.63, 3.8) is 0 Å². The van der Waals surface area contributed by atoms with Crippen LogP contribution in [0.1, 0.15) is 0 Å². The van der Waals surface area contributed by atoms with Gasteiger partial charge < -0.3 is 5.32 Å².